The van der Waals surface area contributed by atoms with Crippen molar-refractivity contribution in [3.63, 3.8) is 0 Å². The van der Waals surface area contributed by atoms with Gasteiger partial charge in [0.2, 0.25) is 11.8 Å². The maximum Gasteiger partial charge on any atom is 0.255 e. The highest BCUT2D eigenvalue weighted by Gasteiger charge is 2.39. The van der Waals surface area contributed by atoms with Gasteiger partial charge in [-0.2, -0.15) is 0 Å². The summed E-state index contributed by atoms with van der Waals surface area (Å²) in [5, 5.41) is 12.3. The number of carbonyl (C=O) groups excluding carboxylic acids is 3. The molecule has 0 saturated carbocycles. The largest absolute Gasteiger partial charge is 0.394 e. The van der Waals surface area contributed by atoms with Crippen LogP contribution in [0.2, 0.25) is 0 Å². The summed E-state index contributed by atoms with van der Waals surface area (Å²) in [4.78, 5) is 40.6. The van der Waals surface area contributed by atoms with Gasteiger partial charge in [0.15, 0.2) is 0 Å². The number of likely N-dealkylation sites (tertiary alicyclic amines) is 1. The van der Waals surface area contributed by atoms with Crippen molar-refractivity contribution in [3.05, 3.63) is 70.8 Å². The van der Waals surface area contributed by atoms with Gasteiger partial charge in [0.25, 0.3) is 5.91 Å². The summed E-state index contributed by atoms with van der Waals surface area (Å²) < 4.78 is 0. The quantitative estimate of drug-likeness (QED) is 0.687. The van der Waals surface area contributed by atoms with Gasteiger partial charge >= 0.3 is 0 Å². The number of amides is 3. The van der Waals surface area contributed by atoms with E-state index in [1.165, 1.54) is 5.56 Å². The van der Waals surface area contributed by atoms with Crippen LogP contribution in [0, 0.1) is 0 Å². The Morgan fingerprint density at radius 1 is 1.00 bits per heavy atom. The Kier molecular flexibility index (Phi) is 6.00. The zero-order valence-electron chi connectivity index (χ0n) is 18.6. The topological polar surface area (TPSA) is 90.0 Å². The number of hydrogen-bond acceptors (Lipinski definition) is 5. The number of nitrogens with zero attached hydrogens (tertiary/aromatic N) is 2. The second-order valence-electron chi connectivity index (χ2n) is 9.24. The number of fused-ring (bicyclic) bond motifs is 1. The molecular formula is C26H29N3O4. The summed E-state index contributed by atoms with van der Waals surface area (Å²) in [6.45, 7) is 2.33. The summed E-state index contributed by atoms with van der Waals surface area (Å²) in [7, 11) is 0. The molecule has 2 N–H and O–H groups in total. The van der Waals surface area contributed by atoms with E-state index in [4.69, 9.17) is 0 Å². The molecule has 3 heterocycles. The highest BCUT2D eigenvalue weighted by atomic mass is 16.3. The van der Waals surface area contributed by atoms with Crippen molar-refractivity contribution in [1.82, 2.24) is 15.1 Å². The smallest absolute Gasteiger partial charge is 0.255 e. The van der Waals surface area contributed by atoms with E-state index >= 15 is 0 Å². The number of rotatable bonds is 5. The zero-order valence-corrected chi connectivity index (χ0v) is 18.6. The van der Waals surface area contributed by atoms with E-state index in [2.05, 4.69) is 28.4 Å². The predicted octanol–water partition coefficient (Wildman–Crippen LogP) is 2.36. The van der Waals surface area contributed by atoms with Gasteiger partial charge in [-0.1, -0.05) is 42.5 Å². The normalized spacial score (nSPS) is 22.9. The molecule has 2 atom stereocenters. The summed E-state index contributed by atoms with van der Waals surface area (Å²) in [5.74, 6) is -0.377. The molecule has 2 aromatic rings. The number of hydrogen-bond donors (Lipinski definition) is 2. The molecule has 3 aliphatic rings. The minimum Gasteiger partial charge on any atom is -0.394 e. The van der Waals surface area contributed by atoms with Crippen LogP contribution in [0.4, 0.5) is 0 Å². The van der Waals surface area contributed by atoms with Crippen LogP contribution in [0.15, 0.2) is 48.5 Å². The average Bonchev–Trinajstić information content (AvgIpc) is 3.16. The maximum atomic E-state index is 12.9. The van der Waals surface area contributed by atoms with Gasteiger partial charge in [-0.3, -0.25) is 24.6 Å². The molecule has 0 bridgehead atoms. The van der Waals surface area contributed by atoms with Crippen LogP contribution in [0.1, 0.15) is 64.7 Å². The van der Waals surface area contributed by atoms with Crippen molar-refractivity contribution < 1.29 is 19.5 Å². The summed E-state index contributed by atoms with van der Waals surface area (Å²) in [5.41, 5.74) is 3.99. The minimum atomic E-state index is -0.581. The molecule has 7 nitrogen and oxygen atoms in total. The fourth-order valence-electron chi connectivity index (χ4n) is 5.50. The van der Waals surface area contributed by atoms with Crippen LogP contribution in [0.5, 0.6) is 0 Å². The first kappa shape index (κ1) is 21.8. The molecule has 2 aromatic carbocycles. The van der Waals surface area contributed by atoms with Crippen LogP contribution >= 0.6 is 0 Å². The van der Waals surface area contributed by atoms with E-state index in [0.29, 0.717) is 24.4 Å². The Morgan fingerprint density at radius 2 is 1.76 bits per heavy atom. The Bertz CT molecular complexity index is 1060. The number of nitrogens with one attached hydrogen (secondary N) is 1. The summed E-state index contributed by atoms with van der Waals surface area (Å²) in [6, 6.07) is 15.7. The van der Waals surface area contributed by atoms with Crippen molar-refractivity contribution in [2.24, 2.45) is 0 Å². The SMILES string of the molecule is O=C1CCC(N2Cc3cc(C4CCN(C(CO)c5ccccc5)CC4)ccc3C2=O)C(=O)N1. The molecular weight excluding hydrogens is 418 g/mol. The Balaban J connectivity index is 1.26. The van der Waals surface area contributed by atoms with Crippen LogP contribution in [-0.2, 0) is 16.1 Å². The lowest BCUT2D eigenvalue weighted by molar-refractivity contribution is -0.136. The average molecular weight is 448 g/mol. The van der Waals surface area contributed by atoms with Gasteiger partial charge in [-0.05, 0) is 61.0 Å². The molecule has 0 spiro atoms. The molecule has 7 heteroatoms. The molecule has 33 heavy (non-hydrogen) atoms. The number of imide groups is 1. The van der Waals surface area contributed by atoms with Crippen molar-refractivity contribution in [2.75, 3.05) is 19.7 Å². The molecule has 0 aliphatic carbocycles. The van der Waals surface area contributed by atoms with Crippen LogP contribution in [-0.4, -0.2) is 58.4 Å². The third-order valence-electron chi connectivity index (χ3n) is 7.35. The fraction of sp³-hybridized carbons (Fsp3) is 0.423. The Labute approximate surface area is 193 Å². The van der Waals surface area contributed by atoms with Gasteiger partial charge < -0.3 is 10.0 Å². The number of aliphatic hydroxyl groups excluding tert-OH is 1. The first-order valence-electron chi connectivity index (χ1n) is 11.7. The van der Waals surface area contributed by atoms with E-state index in [0.717, 1.165) is 37.1 Å². The maximum absolute atomic E-state index is 12.9. The van der Waals surface area contributed by atoms with Crippen molar-refractivity contribution in [1.29, 1.82) is 0 Å². The molecule has 0 radical (unpaired) electrons. The molecule has 2 unspecified atom stereocenters. The summed E-state index contributed by atoms with van der Waals surface area (Å²) in [6.07, 6.45) is 2.63. The van der Waals surface area contributed by atoms with E-state index in [9.17, 15) is 19.5 Å². The van der Waals surface area contributed by atoms with Crippen LogP contribution in [0.25, 0.3) is 0 Å². The van der Waals surface area contributed by atoms with Gasteiger partial charge in [0.1, 0.15) is 6.04 Å². The van der Waals surface area contributed by atoms with Gasteiger partial charge in [-0.25, -0.2) is 0 Å². The van der Waals surface area contributed by atoms with Crippen molar-refractivity contribution in [3.8, 4) is 0 Å². The van der Waals surface area contributed by atoms with Gasteiger partial charge in [0, 0.05) is 18.5 Å². The number of benzene rings is 2. The number of aliphatic hydroxyl groups is 1. The van der Waals surface area contributed by atoms with Crippen molar-refractivity contribution >= 4 is 17.7 Å². The van der Waals surface area contributed by atoms with E-state index < -0.39 is 6.04 Å². The highest BCUT2D eigenvalue weighted by Crippen LogP contribution is 2.35. The molecule has 0 aromatic heterocycles. The van der Waals surface area contributed by atoms with E-state index in [1.54, 1.807) is 4.90 Å². The predicted molar refractivity (Wildman–Crippen MR) is 122 cm³/mol. The highest BCUT2D eigenvalue weighted by molar-refractivity contribution is 6.05. The molecule has 3 aliphatic heterocycles. The molecule has 3 amide bonds. The lowest BCUT2D eigenvalue weighted by atomic mass is 9.87. The molecule has 172 valence electrons. The summed E-state index contributed by atoms with van der Waals surface area (Å²) >= 11 is 0. The lowest BCUT2D eigenvalue weighted by Gasteiger charge is -2.37. The van der Waals surface area contributed by atoms with E-state index in [-0.39, 0.29) is 36.8 Å². The minimum absolute atomic E-state index is 0.0203. The first-order valence-corrected chi connectivity index (χ1v) is 11.7. The third kappa shape index (κ3) is 4.18. The Hall–Kier alpha value is -3.03. The monoisotopic (exact) mass is 447 g/mol. The second-order valence-corrected chi connectivity index (χ2v) is 9.24. The van der Waals surface area contributed by atoms with Crippen LogP contribution in [0.3, 0.4) is 0 Å². The van der Waals surface area contributed by atoms with Crippen molar-refractivity contribution in [2.45, 2.75) is 50.2 Å². The zero-order chi connectivity index (χ0) is 22.9. The lowest BCUT2D eigenvalue weighted by Crippen LogP contribution is -2.52. The fourth-order valence-corrected chi connectivity index (χ4v) is 5.50. The number of carbonyl (C=O) groups is 3. The second kappa shape index (κ2) is 9.08. The molecule has 2 fully saturated rings. The molecule has 2 saturated heterocycles. The Morgan fingerprint density at radius 3 is 2.45 bits per heavy atom. The standard InChI is InChI=1S/C26H29N3O4/c30-16-23(18-4-2-1-3-5-18)28-12-10-17(11-13-28)19-6-7-21-20(14-19)15-29(26(21)33)22-8-9-24(31)27-25(22)32/h1-7,14,17,22-23,30H,8-13,15-16H2,(H,27,31,32). The van der Waals surface area contributed by atoms with Gasteiger partial charge in [0.05, 0.1) is 12.6 Å². The third-order valence-corrected chi connectivity index (χ3v) is 7.35. The first-order chi connectivity index (χ1) is 16.0. The molecule has 5 rings (SSSR count). The van der Waals surface area contributed by atoms with Gasteiger partial charge in [-0.15, -0.1) is 0 Å². The van der Waals surface area contributed by atoms with Crippen LogP contribution < -0.4 is 5.32 Å². The number of piperidine rings is 2. The van der Waals surface area contributed by atoms with E-state index in [1.807, 2.05) is 30.3 Å².